The van der Waals surface area contributed by atoms with Crippen LogP contribution in [0.2, 0.25) is 0 Å². The number of benzene rings is 1. The van der Waals surface area contributed by atoms with Gasteiger partial charge in [-0.05, 0) is 30.9 Å². The van der Waals surface area contributed by atoms with E-state index in [-0.39, 0.29) is 18.2 Å². The van der Waals surface area contributed by atoms with Gasteiger partial charge in [-0.25, -0.2) is 9.18 Å². The van der Waals surface area contributed by atoms with Gasteiger partial charge in [0.2, 0.25) is 0 Å². The van der Waals surface area contributed by atoms with Gasteiger partial charge in [0.1, 0.15) is 6.17 Å². The number of urea groups is 1. The molecule has 0 radical (unpaired) electrons. The Balaban J connectivity index is 1.62. The molecule has 5 nitrogen and oxygen atoms in total. The Morgan fingerprint density at radius 1 is 1.32 bits per heavy atom. The Hall–Kier alpha value is -1.66. The molecule has 0 saturated carbocycles. The van der Waals surface area contributed by atoms with Crippen LogP contribution in [-0.2, 0) is 11.2 Å². The zero-order valence-electron chi connectivity index (χ0n) is 15.1. The summed E-state index contributed by atoms with van der Waals surface area (Å²) in [7, 11) is 1.70. The average Bonchev–Trinajstić information content (AvgIpc) is 2.62. The number of halogens is 1. The molecule has 0 aromatic heterocycles. The molecule has 1 saturated heterocycles. The number of fused-ring (bicyclic) bond motifs is 1. The molecule has 1 fully saturated rings. The van der Waals surface area contributed by atoms with Crippen LogP contribution in [-0.4, -0.2) is 67.9 Å². The third kappa shape index (κ3) is 4.30. The number of carbonyl (C=O) groups is 1. The molecule has 138 valence electrons. The number of alkyl halides is 1. The van der Waals surface area contributed by atoms with E-state index in [0.29, 0.717) is 19.6 Å². The molecule has 1 aromatic rings. The molecule has 2 aliphatic rings. The number of carbonyl (C=O) groups excluding carboxylic acids is 1. The summed E-state index contributed by atoms with van der Waals surface area (Å²) in [4.78, 5) is 16.6. The number of piperazine rings is 1. The number of hydrogen-bond donors (Lipinski definition) is 1. The molecule has 1 heterocycles. The fourth-order valence-corrected chi connectivity index (χ4v) is 3.87. The molecule has 1 unspecified atom stereocenters. The second kappa shape index (κ2) is 8.15. The molecule has 2 amide bonds. The fraction of sp³-hybridized carbons (Fsp3) is 0.632. The van der Waals surface area contributed by atoms with Crippen LogP contribution >= 0.6 is 0 Å². The Morgan fingerprint density at radius 2 is 2.04 bits per heavy atom. The molecule has 1 aliphatic carbocycles. The number of ether oxygens (including phenoxy) is 1. The summed E-state index contributed by atoms with van der Waals surface area (Å²) >= 11 is 0. The number of hydrogen-bond acceptors (Lipinski definition) is 3. The van der Waals surface area contributed by atoms with Crippen LogP contribution in [0.4, 0.5) is 9.18 Å². The lowest BCUT2D eigenvalue weighted by atomic mass is 9.85. The van der Waals surface area contributed by atoms with E-state index in [4.69, 9.17) is 4.74 Å². The molecule has 6 heteroatoms. The van der Waals surface area contributed by atoms with Crippen molar-refractivity contribution in [2.75, 3.05) is 39.8 Å². The molecule has 0 spiro atoms. The van der Waals surface area contributed by atoms with Gasteiger partial charge < -0.3 is 15.0 Å². The molecular formula is C19H28FN3O2. The highest BCUT2D eigenvalue weighted by molar-refractivity contribution is 5.75. The first-order valence-corrected chi connectivity index (χ1v) is 9.11. The summed E-state index contributed by atoms with van der Waals surface area (Å²) in [6, 6.07) is 8.06. The number of nitrogens with zero attached hydrogens (tertiary/aromatic N) is 2. The number of nitrogens with one attached hydrogen (secondary N) is 1. The molecule has 1 N–H and O–H groups in total. The van der Waals surface area contributed by atoms with Crippen LogP contribution in [0.25, 0.3) is 0 Å². The minimum absolute atomic E-state index is 0.00692. The van der Waals surface area contributed by atoms with Crippen LogP contribution in [0.5, 0.6) is 0 Å². The van der Waals surface area contributed by atoms with Crippen LogP contribution in [0.15, 0.2) is 24.3 Å². The predicted octanol–water partition coefficient (Wildman–Crippen LogP) is 2.37. The first kappa shape index (κ1) is 18.1. The quantitative estimate of drug-likeness (QED) is 0.908. The van der Waals surface area contributed by atoms with E-state index in [0.717, 1.165) is 31.5 Å². The Bertz CT molecular complexity index is 588. The normalized spacial score (nSPS) is 25.3. The van der Waals surface area contributed by atoms with Crippen molar-refractivity contribution in [2.24, 2.45) is 0 Å². The number of amides is 2. The van der Waals surface area contributed by atoms with E-state index >= 15 is 0 Å². The summed E-state index contributed by atoms with van der Waals surface area (Å²) in [5, 5.41) is 3.17. The van der Waals surface area contributed by atoms with Gasteiger partial charge in [0, 0.05) is 39.8 Å². The van der Waals surface area contributed by atoms with E-state index in [2.05, 4.69) is 22.3 Å². The summed E-state index contributed by atoms with van der Waals surface area (Å²) in [5.41, 5.74) is 2.43. The Morgan fingerprint density at radius 3 is 2.72 bits per heavy atom. The third-order valence-corrected chi connectivity index (χ3v) is 5.21. The van der Waals surface area contributed by atoms with Gasteiger partial charge in [-0.3, -0.25) is 4.90 Å². The van der Waals surface area contributed by atoms with Gasteiger partial charge in [0.05, 0.1) is 12.1 Å². The minimum Gasteiger partial charge on any atom is -0.379 e. The number of methoxy groups -OCH3 is 1. The van der Waals surface area contributed by atoms with Gasteiger partial charge in [0.25, 0.3) is 0 Å². The maximum absolute atomic E-state index is 13.1. The lowest BCUT2D eigenvalue weighted by Crippen LogP contribution is -2.54. The zero-order valence-corrected chi connectivity index (χ0v) is 15.1. The first-order chi connectivity index (χ1) is 12.1. The minimum atomic E-state index is -0.832. The average molecular weight is 349 g/mol. The zero-order chi connectivity index (χ0) is 17.8. The monoisotopic (exact) mass is 349 g/mol. The van der Waals surface area contributed by atoms with E-state index in [1.807, 2.05) is 17.0 Å². The van der Waals surface area contributed by atoms with Gasteiger partial charge >= 0.3 is 6.03 Å². The van der Waals surface area contributed by atoms with Gasteiger partial charge in [-0.2, -0.15) is 0 Å². The second-order valence-electron chi connectivity index (χ2n) is 7.01. The number of rotatable bonds is 4. The lowest BCUT2D eigenvalue weighted by Gasteiger charge is -2.38. The van der Waals surface area contributed by atoms with Crippen molar-refractivity contribution in [1.82, 2.24) is 15.1 Å². The summed E-state index contributed by atoms with van der Waals surface area (Å²) in [6.45, 7) is 4.71. The van der Waals surface area contributed by atoms with Gasteiger partial charge in [-0.1, -0.05) is 24.3 Å². The summed E-state index contributed by atoms with van der Waals surface area (Å²) in [5.74, 6) is 0. The van der Waals surface area contributed by atoms with Gasteiger partial charge in [0.15, 0.2) is 0 Å². The molecule has 3 rings (SSSR count). The van der Waals surface area contributed by atoms with E-state index in [9.17, 15) is 9.18 Å². The molecule has 25 heavy (non-hydrogen) atoms. The van der Waals surface area contributed by atoms with Crippen LogP contribution in [0, 0.1) is 0 Å². The standard InChI is InChI=1S/C19H28FN3O2/c1-14(20)13-22-9-11-23(12-10-22)19(24)21-18-16-6-4-3-5-15(16)7-8-17(18)25-2/h3-6,14,17-18H,7-13H2,1-2H3,(H,21,24)/t14?,17-,18-/m1/s1. The maximum atomic E-state index is 13.1. The third-order valence-electron chi connectivity index (χ3n) is 5.21. The number of aryl methyl sites for hydroxylation is 1. The van der Waals surface area contributed by atoms with E-state index in [1.54, 1.807) is 14.0 Å². The topological polar surface area (TPSA) is 44.8 Å². The lowest BCUT2D eigenvalue weighted by molar-refractivity contribution is 0.0540. The fourth-order valence-electron chi connectivity index (χ4n) is 3.87. The summed E-state index contributed by atoms with van der Waals surface area (Å²) < 4.78 is 18.8. The van der Waals surface area contributed by atoms with Crippen molar-refractivity contribution in [1.29, 1.82) is 0 Å². The van der Waals surface area contributed by atoms with Crippen LogP contribution in [0.1, 0.15) is 30.5 Å². The van der Waals surface area contributed by atoms with Crippen molar-refractivity contribution in [3.63, 3.8) is 0 Å². The highest BCUT2D eigenvalue weighted by Gasteiger charge is 2.32. The smallest absolute Gasteiger partial charge is 0.318 e. The summed E-state index contributed by atoms with van der Waals surface area (Å²) in [6.07, 6.45) is 1.04. The maximum Gasteiger partial charge on any atom is 0.318 e. The Labute approximate surface area is 149 Å². The van der Waals surface area contributed by atoms with E-state index < -0.39 is 6.17 Å². The van der Waals surface area contributed by atoms with Crippen LogP contribution in [0.3, 0.4) is 0 Å². The van der Waals surface area contributed by atoms with Crippen LogP contribution < -0.4 is 5.32 Å². The highest BCUT2D eigenvalue weighted by atomic mass is 19.1. The molecular weight excluding hydrogens is 321 g/mol. The first-order valence-electron chi connectivity index (χ1n) is 9.11. The molecule has 1 aromatic carbocycles. The molecule has 3 atom stereocenters. The second-order valence-corrected chi connectivity index (χ2v) is 7.01. The van der Waals surface area contributed by atoms with Crippen molar-refractivity contribution >= 4 is 6.03 Å². The Kier molecular flexibility index (Phi) is 5.91. The van der Waals surface area contributed by atoms with Crippen molar-refractivity contribution < 1.29 is 13.9 Å². The molecule has 1 aliphatic heterocycles. The van der Waals surface area contributed by atoms with Crippen molar-refractivity contribution in [2.45, 2.75) is 38.1 Å². The van der Waals surface area contributed by atoms with E-state index in [1.165, 1.54) is 5.56 Å². The van der Waals surface area contributed by atoms with Gasteiger partial charge in [-0.15, -0.1) is 0 Å². The highest BCUT2D eigenvalue weighted by Crippen LogP contribution is 2.31. The van der Waals surface area contributed by atoms with Crippen molar-refractivity contribution in [3.8, 4) is 0 Å². The predicted molar refractivity (Wildman–Crippen MR) is 95.4 cm³/mol. The molecule has 0 bridgehead atoms. The SMILES string of the molecule is CO[C@@H]1CCc2ccccc2[C@H]1NC(=O)N1CCN(CC(C)F)CC1. The largest absolute Gasteiger partial charge is 0.379 e. The van der Waals surface area contributed by atoms with Crippen molar-refractivity contribution in [3.05, 3.63) is 35.4 Å².